The normalized spacial score (nSPS) is 16.6. The number of nitrogens with zero attached hydrogens (tertiary/aromatic N) is 2. The number of fused-ring (bicyclic) bond motifs is 1. The second kappa shape index (κ2) is 17.2. The zero-order valence-corrected chi connectivity index (χ0v) is 27.1. The first-order valence-electron chi connectivity index (χ1n) is 16.9. The lowest BCUT2D eigenvalue weighted by molar-refractivity contribution is -0.128. The lowest BCUT2D eigenvalue weighted by Crippen LogP contribution is -2.49. The summed E-state index contributed by atoms with van der Waals surface area (Å²) in [6.07, 6.45) is 12.8. The molecule has 2 aliphatic carbocycles. The third-order valence-corrected chi connectivity index (χ3v) is 9.32. The van der Waals surface area contributed by atoms with Crippen LogP contribution in [0.5, 0.6) is 0 Å². The predicted molar refractivity (Wildman–Crippen MR) is 176 cm³/mol. The van der Waals surface area contributed by atoms with Gasteiger partial charge in [-0.25, -0.2) is 4.98 Å². The number of unbranched alkanes of at least 4 members (excludes halogenated alkanes) is 1. The molecule has 4 N–H and O–H groups in total. The summed E-state index contributed by atoms with van der Waals surface area (Å²) in [5.74, 6) is -1.06. The molecule has 9 heteroatoms. The van der Waals surface area contributed by atoms with Crippen molar-refractivity contribution in [2.45, 2.75) is 104 Å². The zero-order valence-electron chi connectivity index (χ0n) is 27.1. The number of Topliss-reactive ketones (excluding diaryl/α,β-unsaturated/α-hetero) is 1. The van der Waals surface area contributed by atoms with Crippen LogP contribution in [0.25, 0.3) is 11.3 Å². The van der Waals surface area contributed by atoms with Crippen LogP contribution in [0.2, 0.25) is 0 Å². The average molecular weight is 618 g/mol. The molecule has 1 aromatic rings. The minimum absolute atomic E-state index is 0.00515. The minimum Gasteiger partial charge on any atom is -0.391 e. The van der Waals surface area contributed by atoms with Crippen LogP contribution in [0.3, 0.4) is 0 Å². The molecule has 4 atom stereocenters. The molecule has 1 fully saturated rings. The number of carbonyl (C=O) groups excluding carboxylic acids is 3. The largest absolute Gasteiger partial charge is 0.391 e. The van der Waals surface area contributed by atoms with Gasteiger partial charge in [0, 0.05) is 54.5 Å². The topological polar surface area (TPSA) is 137 Å². The van der Waals surface area contributed by atoms with Gasteiger partial charge in [-0.05, 0) is 49.3 Å². The quantitative estimate of drug-likeness (QED) is 0.113. The lowest BCUT2D eigenvalue weighted by atomic mass is 9.80. The maximum absolute atomic E-state index is 14.1. The van der Waals surface area contributed by atoms with Gasteiger partial charge in [-0.15, -0.1) is 0 Å². The Bertz CT molecular complexity index is 1320. The van der Waals surface area contributed by atoms with Gasteiger partial charge in [-0.1, -0.05) is 71.4 Å². The summed E-state index contributed by atoms with van der Waals surface area (Å²) < 4.78 is 0. The van der Waals surface area contributed by atoms with Crippen LogP contribution in [-0.4, -0.2) is 56.3 Å². The Labute approximate surface area is 267 Å². The van der Waals surface area contributed by atoms with Gasteiger partial charge in [-0.3, -0.25) is 19.4 Å². The maximum Gasteiger partial charge on any atom is 0.224 e. The third kappa shape index (κ3) is 10.2. The molecular weight excluding hydrogens is 566 g/mol. The number of ketones is 1. The summed E-state index contributed by atoms with van der Waals surface area (Å²) in [6, 6.07) is 8.62. The van der Waals surface area contributed by atoms with E-state index in [1.807, 2.05) is 38.1 Å². The van der Waals surface area contributed by atoms with Gasteiger partial charge in [0.15, 0.2) is 5.78 Å². The third-order valence-electron chi connectivity index (χ3n) is 9.32. The molecule has 0 spiro atoms. The van der Waals surface area contributed by atoms with Gasteiger partial charge in [-0.2, -0.15) is 0 Å². The maximum atomic E-state index is 14.1. The zero-order chi connectivity index (χ0) is 32.2. The van der Waals surface area contributed by atoms with Crippen LogP contribution in [0.1, 0.15) is 101 Å². The molecule has 1 aromatic heterocycles. The number of hydrogen-bond acceptors (Lipinski definition) is 6. The summed E-state index contributed by atoms with van der Waals surface area (Å²) in [5.41, 5.74) is 2.95. The molecule has 0 aromatic carbocycles. The first-order chi connectivity index (χ1) is 21.7. The Balaban J connectivity index is 1.53. The molecule has 0 radical (unpaired) electrons. The number of rotatable bonds is 17. The Morgan fingerprint density at radius 1 is 1.09 bits per heavy atom. The molecule has 3 aliphatic rings. The summed E-state index contributed by atoms with van der Waals surface area (Å²) in [4.78, 5) is 52.3. The van der Waals surface area contributed by atoms with E-state index in [-0.39, 0.29) is 42.3 Å². The van der Waals surface area contributed by atoms with Crippen LogP contribution >= 0.6 is 0 Å². The molecule has 244 valence electrons. The molecule has 45 heavy (non-hydrogen) atoms. The molecule has 9 nitrogen and oxygen atoms in total. The molecular formula is C36H51N5O4. The first-order valence-corrected chi connectivity index (χ1v) is 16.9. The highest BCUT2D eigenvalue weighted by Gasteiger charge is 2.34. The standard InChI is InChI=1S/C36H51N5O4/c1-4-5-15-39-36(45)30(24(2)3)21-34(43)32(17-25-10-7-6-8-11-25)41-35(44)28(19-29-22-37-23-40-29)20-33(42)27-12-9-13-31-26(18-27)14-16-38-31/h9,12-14,16,18,22-25,28,30,32,34,43H,4-8,10-11,15,17,19-21H2,1-3H3,(H,37,40)(H,39,45)(H,41,44)/t28-,30+,32+,34+/m1/s1. The van der Waals surface area contributed by atoms with Crippen molar-refractivity contribution in [3.05, 3.63) is 60.3 Å². The molecule has 2 amide bonds. The van der Waals surface area contributed by atoms with Crippen molar-refractivity contribution in [2.75, 3.05) is 6.54 Å². The number of amides is 2. The van der Waals surface area contributed by atoms with Crippen molar-refractivity contribution in [3.8, 4) is 11.3 Å². The summed E-state index contributed by atoms with van der Waals surface area (Å²) >= 11 is 0. The van der Waals surface area contributed by atoms with Crippen molar-refractivity contribution < 1.29 is 19.5 Å². The first kappa shape index (κ1) is 34.3. The molecule has 0 saturated heterocycles. The van der Waals surface area contributed by atoms with Crippen LogP contribution in [0, 0.1) is 23.7 Å². The number of aliphatic hydroxyl groups excluding tert-OH is 1. The number of imidazole rings is 1. The highest BCUT2D eigenvalue weighted by molar-refractivity contribution is 5.99. The number of aliphatic hydroxyl groups is 1. The Morgan fingerprint density at radius 3 is 2.60 bits per heavy atom. The summed E-state index contributed by atoms with van der Waals surface area (Å²) in [6.45, 7) is 6.70. The smallest absolute Gasteiger partial charge is 0.224 e. The fraction of sp³-hybridized carbons (Fsp3) is 0.583. The molecule has 1 aliphatic heterocycles. The fourth-order valence-corrected chi connectivity index (χ4v) is 6.53. The van der Waals surface area contributed by atoms with Crippen LogP contribution in [0.4, 0.5) is 0 Å². The highest BCUT2D eigenvalue weighted by Crippen LogP contribution is 2.30. The van der Waals surface area contributed by atoms with Crippen molar-refractivity contribution in [3.63, 3.8) is 0 Å². The van der Waals surface area contributed by atoms with Crippen molar-refractivity contribution >= 4 is 17.6 Å². The SMILES string of the molecule is CCCCNC(=O)[C@@H](C[C@H](O)[C@H](CC1CCCCC1)NC(=O)[C@@H](CC(=O)c1cccc2nccc-2c1)Cc1cnc[nH]1)C(C)C. The number of aromatic nitrogens is 3. The van der Waals surface area contributed by atoms with E-state index in [9.17, 15) is 19.5 Å². The highest BCUT2D eigenvalue weighted by atomic mass is 16.3. The number of hydrogen-bond donors (Lipinski definition) is 4. The van der Waals surface area contributed by atoms with Gasteiger partial charge in [0.1, 0.15) is 0 Å². The average Bonchev–Trinajstić information content (AvgIpc) is 3.66. The fourth-order valence-electron chi connectivity index (χ4n) is 6.53. The van der Waals surface area contributed by atoms with Gasteiger partial charge in [0.25, 0.3) is 0 Å². The summed E-state index contributed by atoms with van der Waals surface area (Å²) in [7, 11) is 0. The van der Waals surface area contributed by atoms with Crippen LogP contribution in [0.15, 0.2) is 49.1 Å². The van der Waals surface area contributed by atoms with E-state index in [0.29, 0.717) is 30.9 Å². The van der Waals surface area contributed by atoms with E-state index >= 15 is 0 Å². The van der Waals surface area contributed by atoms with E-state index in [1.54, 1.807) is 24.8 Å². The van der Waals surface area contributed by atoms with Gasteiger partial charge < -0.3 is 20.7 Å². The Kier molecular flexibility index (Phi) is 13.1. The second-order valence-corrected chi connectivity index (χ2v) is 13.2. The van der Waals surface area contributed by atoms with E-state index in [2.05, 4.69) is 32.5 Å². The van der Waals surface area contributed by atoms with Gasteiger partial charge in [0.2, 0.25) is 11.8 Å². The molecule has 4 rings (SSSR count). The van der Waals surface area contributed by atoms with E-state index in [1.165, 1.54) is 6.42 Å². The number of H-pyrrole nitrogens is 1. The molecule has 0 bridgehead atoms. The summed E-state index contributed by atoms with van der Waals surface area (Å²) in [5, 5.41) is 17.9. The Hall–Kier alpha value is -3.59. The van der Waals surface area contributed by atoms with Crippen molar-refractivity contribution in [2.24, 2.45) is 23.7 Å². The van der Waals surface area contributed by atoms with Gasteiger partial charge in [0.05, 0.1) is 30.1 Å². The minimum atomic E-state index is -0.894. The van der Waals surface area contributed by atoms with Crippen LogP contribution in [-0.2, 0) is 16.0 Å². The second-order valence-electron chi connectivity index (χ2n) is 13.2. The molecule has 1 saturated carbocycles. The van der Waals surface area contributed by atoms with Gasteiger partial charge >= 0.3 is 0 Å². The van der Waals surface area contributed by atoms with Crippen molar-refractivity contribution in [1.82, 2.24) is 25.6 Å². The van der Waals surface area contributed by atoms with Crippen molar-refractivity contribution in [1.29, 1.82) is 0 Å². The Morgan fingerprint density at radius 2 is 1.89 bits per heavy atom. The molecule has 2 heterocycles. The van der Waals surface area contributed by atoms with E-state index in [0.717, 1.165) is 55.5 Å². The number of carbonyl (C=O) groups is 3. The monoisotopic (exact) mass is 617 g/mol. The number of aromatic amines is 1. The predicted octanol–water partition coefficient (Wildman–Crippen LogP) is 5.74. The number of nitrogens with one attached hydrogen (secondary N) is 3. The van der Waals surface area contributed by atoms with E-state index < -0.39 is 18.1 Å². The lowest BCUT2D eigenvalue weighted by Gasteiger charge is -2.33. The van der Waals surface area contributed by atoms with E-state index in [4.69, 9.17) is 0 Å². The molecule has 0 unspecified atom stereocenters. The van der Waals surface area contributed by atoms with Crippen LogP contribution < -0.4 is 10.6 Å².